The van der Waals surface area contributed by atoms with Crippen LogP contribution in [0.15, 0.2) is 53.4 Å². The minimum Gasteiger partial charge on any atom is -0.492 e. The van der Waals surface area contributed by atoms with Crippen LogP contribution in [0.5, 0.6) is 5.75 Å². The minimum atomic E-state index is -3.66. The molecule has 0 fully saturated rings. The van der Waals surface area contributed by atoms with E-state index in [1.807, 2.05) is 31.2 Å². The van der Waals surface area contributed by atoms with Gasteiger partial charge in [0, 0.05) is 6.54 Å². The van der Waals surface area contributed by atoms with Crippen molar-refractivity contribution in [1.29, 1.82) is 0 Å². The maximum absolute atomic E-state index is 11.2. The zero-order valence-electron chi connectivity index (χ0n) is 13.9. The van der Waals surface area contributed by atoms with Crippen molar-refractivity contribution < 1.29 is 13.2 Å². The summed E-state index contributed by atoms with van der Waals surface area (Å²) in [6, 6.07) is 14.1. The summed E-state index contributed by atoms with van der Waals surface area (Å²) in [5.41, 5.74) is 1.79. The summed E-state index contributed by atoms with van der Waals surface area (Å²) in [7, 11) is -3.66. The molecule has 134 valence electrons. The largest absolute Gasteiger partial charge is 0.492 e. The summed E-state index contributed by atoms with van der Waals surface area (Å²) < 4.78 is 28.0. The third-order valence-electron chi connectivity index (χ3n) is 3.39. The third-order valence-corrected chi connectivity index (χ3v) is 4.56. The Bertz CT molecular complexity index is 821. The van der Waals surface area contributed by atoms with Gasteiger partial charge in [-0.15, -0.1) is 0 Å². The number of rotatable bonds is 7. The molecule has 4 N–H and O–H groups in total. The van der Waals surface area contributed by atoms with Gasteiger partial charge in [-0.3, -0.25) is 0 Å². The zero-order valence-corrected chi connectivity index (χ0v) is 15.5. The van der Waals surface area contributed by atoms with Crippen molar-refractivity contribution >= 4 is 33.0 Å². The van der Waals surface area contributed by atoms with Crippen LogP contribution in [0.4, 0.5) is 5.69 Å². The van der Waals surface area contributed by atoms with Crippen LogP contribution in [0.2, 0.25) is 0 Å². The number of anilines is 1. The Morgan fingerprint density at radius 3 is 2.48 bits per heavy atom. The number of ether oxygens (including phenoxy) is 1. The summed E-state index contributed by atoms with van der Waals surface area (Å²) in [5.74, 6) is 0.743. The Labute approximate surface area is 153 Å². The van der Waals surface area contributed by atoms with Gasteiger partial charge < -0.3 is 15.4 Å². The van der Waals surface area contributed by atoms with Crippen LogP contribution >= 0.6 is 12.2 Å². The molecular formula is C17H21N3O3S2. The zero-order chi connectivity index (χ0) is 18.3. The highest BCUT2D eigenvalue weighted by Gasteiger charge is 2.07. The first-order valence-electron chi connectivity index (χ1n) is 7.78. The average Bonchev–Trinajstić information content (AvgIpc) is 2.56. The summed E-state index contributed by atoms with van der Waals surface area (Å²) in [6.07, 6.45) is 0.694. The van der Waals surface area contributed by atoms with E-state index in [4.69, 9.17) is 22.1 Å². The van der Waals surface area contributed by atoms with Gasteiger partial charge in [0.1, 0.15) is 5.75 Å². The maximum atomic E-state index is 11.2. The molecular weight excluding hydrogens is 358 g/mol. The van der Waals surface area contributed by atoms with Gasteiger partial charge in [0.2, 0.25) is 10.0 Å². The fraction of sp³-hybridized carbons (Fsp3) is 0.235. The fourth-order valence-electron chi connectivity index (χ4n) is 2.18. The van der Waals surface area contributed by atoms with E-state index in [0.717, 1.165) is 17.0 Å². The second-order valence-corrected chi connectivity index (χ2v) is 7.22. The SMILES string of the molecule is CCOc1ccccc1NC(=S)NCCc1ccc(S(N)(=O)=O)cc1. The van der Waals surface area contributed by atoms with E-state index in [2.05, 4.69) is 10.6 Å². The molecule has 0 spiro atoms. The standard InChI is InChI=1S/C17H21N3O3S2/c1-2-23-16-6-4-3-5-15(16)20-17(24)19-12-11-13-7-9-14(10-8-13)25(18,21)22/h3-10H,2,11-12H2,1H3,(H2,18,21,22)(H2,19,20,24). The summed E-state index contributed by atoms with van der Waals surface area (Å²) in [4.78, 5) is 0.105. The van der Waals surface area contributed by atoms with Crippen LogP contribution in [-0.2, 0) is 16.4 Å². The fourth-order valence-corrected chi connectivity index (χ4v) is 2.91. The molecule has 0 saturated carbocycles. The monoisotopic (exact) mass is 379 g/mol. The minimum absolute atomic E-state index is 0.105. The molecule has 2 aromatic rings. The second-order valence-electron chi connectivity index (χ2n) is 5.25. The lowest BCUT2D eigenvalue weighted by Crippen LogP contribution is -2.30. The molecule has 0 saturated heterocycles. The molecule has 0 amide bonds. The first-order valence-corrected chi connectivity index (χ1v) is 9.74. The third kappa shape index (κ3) is 6.00. The van der Waals surface area contributed by atoms with E-state index in [1.54, 1.807) is 12.1 Å². The van der Waals surface area contributed by atoms with Crippen molar-refractivity contribution in [3.05, 3.63) is 54.1 Å². The lowest BCUT2D eigenvalue weighted by molar-refractivity contribution is 0.342. The number of para-hydroxylation sites is 2. The second kappa shape index (κ2) is 8.80. The molecule has 8 heteroatoms. The van der Waals surface area contributed by atoms with E-state index in [9.17, 15) is 8.42 Å². The van der Waals surface area contributed by atoms with Crippen molar-refractivity contribution in [2.75, 3.05) is 18.5 Å². The molecule has 0 bridgehead atoms. The van der Waals surface area contributed by atoms with E-state index in [0.29, 0.717) is 24.7 Å². The Morgan fingerprint density at radius 1 is 1.16 bits per heavy atom. The normalized spacial score (nSPS) is 11.0. The predicted octanol–water partition coefficient (Wildman–Crippen LogP) is 2.26. The number of nitrogens with one attached hydrogen (secondary N) is 2. The number of hydrogen-bond donors (Lipinski definition) is 3. The van der Waals surface area contributed by atoms with Crippen LogP contribution in [0.1, 0.15) is 12.5 Å². The quantitative estimate of drug-likeness (QED) is 0.639. The number of benzene rings is 2. The van der Waals surface area contributed by atoms with Gasteiger partial charge in [-0.2, -0.15) is 0 Å². The molecule has 0 radical (unpaired) electrons. The van der Waals surface area contributed by atoms with Gasteiger partial charge in [0.25, 0.3) is 0 Å². The van der Waals surface area contributed by atoms with Crippen LogP contribution in [0.25, 0.3) is 0 Å². The molecule has 0 unspecified atom stereocenters. The van der Waals surface area contributed by atoms with E-state index < -0.39 is 10.0 Å². The highest BCUT2D eigenvalue weighted by Crippen LogP contribution is 2.23. The van der Waals surface area contributed by atoms with Gasteiger partial charge in [-0.25, -0.2) is 13.6 Å². The summed E-state index contributed by atoms with van der Waals surface area (Å²) in [6.45, 7) is 3.11. The lowest BCUT2D eigenvalue weighted by Gasteiger charge is -2.14. The maximum Gasteiger partial charge on any atom is 0.238 e. The van der Waals surface area contributed by atoms with Crippen molar-refractivity contribution in [1.82, 2.24) is 5.32 Å². The van der Waals surface area contributed by atoms with E-state index in [1.165, 1.54) is 12.1 Å². The van der Waals surface area contributed by atoms with E-state index in [-0.39, 0.29) is 4.90 Å². The van der Waals surface area contributed by atoms with Crippen LogP contribution < -0.4 is 20.5 Å². The number of hydrogen-bond acceptors (Lipinski definition) is 4. The predicted molar refractivity (Wildman–Crippen MR) is 103 cm³/mol. The topological polar surface area (TPSA) is 93.4 Å². The highest BCUT2D eigenvalue weighted by molar-refractivity contribution is 7.89. The molecule has 0 heterocycles. The van der Waals surface area contributed by atoms with Crippen LogP contribution in [0.3, 0.4) is 0 Å². The van der Waals surface area contributed by atoms with Crippen molar-refractivity contribution in [3.63, 3.8) is 0 Å². The van der Waals surface area contributed by atoms with Crippen LogP contribution in [-0.4, -0.2) is 26.7 Å². The molecule has 2 aromatic carbocycles. The number of thiocarbonyl (C=S) groups is 1. The van der Waals surface area contributed by atoms with Gasteiger partial charge in [0.05, 0.1) is 17.2 Å². The molecule has 0 aliphatic heterocycles. The molecule has 25 heavy (non-hydrogen) atoms. The van der Waals surface area contributed by atoms with Gasteiger partial charge in [0.15, 0.2) is 5.11 Å². The van der Waals surface area contributed by atoms with Crippen molar-refractivity contribution in [2.45, 2.75) is 18.2 Å². The first-order chi connectivity index (χ1) is 11.9. The van der Waals surface area contributed by atoms with Gasteiger partial charge in [-0.1, -0.05) is 24.3 Å². The summed E-state index contributed by atoms with van der Waals surface area (Å²) in [5, 5.41) is 11.8. The number of primary sulfonamides is 1. The first kappa shape index (κ1) is 19.2. The van der Waals surface area contributed by atoms with Gasteiger partial charge >= 0.3 is 0 Å². The Balaban J connectivity index is 1.85. The summed E-state index contributed by atoms with van der Waals surface area (Å²) >= 11 is 5.29. The Hall–Kier alpha value is -2.16. The molecule has 0 aromatic heterocycles. The van der Waals surface area contributed by atoms with Crippen molar-refractivity contribution in [2.24, 2.45) is 5.14 Å². The molecule has 6 nitrogen and oxygen atoms in total. The number of sulfonamides is 1. The average molecular weight is 380 g/mol. The van der Waals surface area contributed by atoms with Crippen LogP contribution in [0, 0.1) is 0 Å². The van der Waals surface area contributed by atoms with E-state index >= 15 is 0 Å². The Morgan fingerprint density at radius 2 is 1.84 bits per heavy atom. The molecule has 2 rings (SSSR count). The highest BCUT2D eigenvalue weighted by atomic mass is 32.2. The number of nitrogens with two attached hydrogens (primary N) is 1. The molecule has 0 atom stereocenters. The smallest absolute Gasteiger partial charge is 0.238 e. The van der Waals surface area contributed by atoms with Gasteiger partial charge in [-0.05, 0) is 55.4 Å². The van der Waals surface area contributed by atoms with Crippen molar-refractivity contribution in [3.8, 4) is 5.75 Å². The molecule has 0 aliphatic carbocycles. The molecule has 0 aliphatic rings. The lowest BCUT2D eigenvalue weighted by atomic mass is 10.1. The Kier molecular flexibility index (Phi) is 6.74.